The summed E-state index contributed by atoms with van der Waals surface area (Å²) in [7, 11) is 1.31. The van der Waals surface area contributed by atoms with E-state index in [0.717, 1.165) is 4.57 Å². The molecule has 0 aliphatic rings. The lowest BCUT2D eigenvalue weighted by molar-refractivity contribution is -0.116. The number of hydrogen-bond donors (Lipinski definition) is 1. The van der Waals surface area contributed by atoms with Gasteiger partial charge >= 0.3 is 6.61 Å². The molecule has 2 heterocycles. The van der Waals surface area contributed by atoms with E-state index < -0.39 is 18.1 Å². The van der Waals surface area contributed by atoms with Gasteiger partial charge in [0.25, 0.3) is 5.56 Å². The zero-order valence-electron chi connectivity index (χ0n) is 15.6. The van der Waals surface area contributed by atoms with Crippen molar-refractivity contribution in [3.63, 3.8) is 0 Å². The van der Waals surface area contributed by atoms with Crippen molar-refractivity contribution in [2.75, 3.05) is 12.4 Å². The Bertz CT molecular complexity index is 1300. The Balaban J connectivity index is 1.57. The number of para-hydroxylation sites is 1. The standard InChI is InChI=1S/C20H15F2N3O5/c1-28-14-7-6-11(8-15(14)30-20(21)22)24-16(26)9-25-10-23-17-12-4-2-3-5-13(12)29-18(17)19(25)27/h2-8,10,20H,9H2,1H3,(H,24,26). The third-order valence-corrected chi connectivity index (χ3v) is 4.33. The number of nitrogens with zero attached hydrogens (tertiary/aromatic N) is 2. The van der Waals surface area contributed by atoms with Gasteiger partial charge in [-0.3, -0.25) is 14.2 Å². The number of carbonyl (C=O) groups is 1. The molecule has 0 bridgehead atoms. The van der Waals surface area contributed by atoms with Gasteiger partial charge in [-0.05, 0) is 24.3 Å². The fourth-order valence-corrected chi connectivity index (χ4v) is 3.03. The van der Waals surface area contributed by atoms with E-state index in [1.54, 1.807) is 24.3 Å². The maximum Gasteiger partial charge on any atom is 0.387 e. The lowest BCUT2D eigenvalue weighted by Gasteiger charge is -2.12. The van der Waals surface area contributed by atoms with Crippen LogP contribution in [0.15, 0.2) is 58.0 Å². The zero-order valence-corrected chi connectivity index (χ0v) is 15.6. The normalized spacial score (nSPS) is 11.2. The van der Waals surface area contributed by atoms with E-state index in [9.17, 15) is 18.4 Å². The highest BCUT2D eigenvalue weighted by molar-refractivity contribution is 6.01. The molecule has 4 rings (SSSR count). The van der Waals surface area contributed by atoms with Crippen molar-refractivity contribution >= 4 is 33.7 Å². The van der Waals surface area contributed by atoms with E-state index in [1.165, 1.54) is 31.6 Å². The van der Waals surface area contributed by atoms with Crippen LogP contribution in [0.5, 0.6) is 11.5 Å². The molecule has 2 aromatic heterocycles. The molecule has 30 heavy (non-hydrogen) atoms. The summed E-state index contributed by atoms with van der Waals surface area (Å²) < 4.78 is 41.1. The van der Waals surface area contributed by atoms with Gasteiger partial charge in [0.05, 0.1) is 13.4 Å². The number of methoxy groups -OCH3 is 1. The predicted molar refractivity (Wildman–Crippen MR) is 104 cm³/mol. The van der Waals surface area contributed by atoms with Crippen molar-refractivity contribution in [2.45, 2.75) is 13.2 Å². The fraction of sp³-hybridized carbons (Fsp3) is 0.150. The average Bonchev–Trinajstić information content (AvgIpc) is 3.09. The van der Waals surface area contributed by atoms with Crippen LogP contribution in [0.2, 0.25) is 0 Å². The van der Waals surface area contributed by atoms with E-state index in [4.69, 9.17) is 9.15 Å². The molecule has 0 fully saturated rings. The van der Waals surface area contributed by atoms with Crippen LogP contribution in [-0.2, 0) is 11.3 Å². The summed E-state index contributed by atoms with van der Waals surface area (Å²) in [4.78, 5) is 29.3. The van der Waals surface area contributed by atoms with Gasteiger partial charge in [0.1, 0.15) is 17.6 Å². The summed E-state index contributed by atoms with van der Waals surface area (Å²) in [5.74, 6) is -0.709. The molecule has 0 atom stereocenters. The Hall–Kier alpha value is -3.95. The highest BCUT2D eigenvalue weighted by atomic mass is 19.3. The van der Waals surface area contributed by atoms with Crippen LogP contribution in [0.3, 0.4) is 0 Å². The second-order valence-corrected chi connectivity index (χ2v) is 6.25. The average molecular weight is 415 g/mol. The first kappa shape index (κ1) is 19.4. The van der Waals surface area contributed by atoms with Crippen molar-refractivity contribution in [1.29, 1.82) is 0 Å². The van der Waals surface area contributed by atoms with Gasteiger partial charge in [-0.1, -0.05) is 12.1 Å². The van der Waals surface area contributed by atoms with Crippen LogP contribution in [0.1, 0.15) is 0 Å². The van der Waals surface area contributed by atoms with Crippen LogP contribution in [-0.4, -0.2) is 29.2 Å². The van der Waals surface area contributed by atoms with Gasteiger partial charge in [0.2, 0.25) is 11.5 Å². The Morgan fingerprint density at radius 1 is 1.23 bits per heavy atom. The number of rotatable bonds is 6. The summed E-state index contributed by atoms with van der Waals surface area (Å²) in [5.41, 5.74) is 0.661. The smallest absolute Gasteiger partial charge is 0.387 e. The molecule has 0 radical (unpaired) electrons. The lowest BCUT2D eigenvalue weighted by atomic mass is 10.2. The van der Waals surface area contributed by atoms with Crippen molar-refractivity contribution in [1.82, 2.24) is 9.55 Å². The van der Waals surface area contributed by atoms with Crippen LogP contribution in [0.4, 0.5) is 14.5 Å². The molecule has 2 aromatic carbocycles. The molecule has 0 spiro atoms. The number of amides is 1. The first-order chi connectivity index (χ1) is 14.5. The van der Waals surface area contributed by atoms with Crippen LogP contribution in [0, 0.1) is 0 Å². The van der Waals surface area contributed by atoms with E-state index in [0.29, 0.717) is 16.5 Å². The number of halogens is 2. The molecule has 10 heteroatoms. The van der Waals surface area contributed by atoms with Crippen molar-refractivity contribution in [2.24, 2.45) is 0 Å². The SMILES string of the molecule is COc1ccc(NC(=O)Cn2cnc3c(oc4ccccc43)c2=O)cc1OC(F)F. The third-order valence-electron chi connectivity index (χ3n) is 4.33. The van der Waals surface area contributed by atoms with E-state index in [-0.39, 0.29) is 29.3 Å². The lowest BCUT2D eigenvalue weighted by Crippen LogP contribution is -2.27. The van der Waals surface area contributed by atoms with Crippen molar-refractivity contribution in [3.05, 3.63) is 59.1 Å². The minimum Gasteiger partial charge on any atom is -0.493 e. The quantitative estimate of drug-likeness (QED) is 0.519. The fourth-order valence-electron chi connectivity index (χ4n) is 3.03. The van der Waals surface area contributed by atoms with Crippen molar-refractivity contribution in [3.8, 4) is 11.5 Å². The number of furan rings is 1. The van der Waals surface area contributed by atoms with Gasteiger partial charge in [0.15, 0.2) is 11.5 Å². The molecule has 154 valence electrons. The first-order valence-corrected chi connectivity index (χ1v) is 8.75. The number of carbonyl (C=O) groups excluding carboxylic acids is 1. The summed E-state index contributed by atoms with van der Waals surface area (Å²) >= 11 is 0. The maximum atomic E-state index is 12.7. The number of aromatic nitrogens is 2. The Kier molecular flexibility index (Phi) is 5.05. The highest BCUT2D eigenvalue weighted by Crippen LogP contribution is 2.31. The topological polar surface area (TPSA) is 95.6 Å². The van der Waals surface area contributed by atoms with Crippen molar-refractivity contribution < 1.29 is 27.5 Å². The summed E-state index contributed by atoms with van der Waals surface area (Å²) in [6, 6.07) is 11.1. The molecule has 4 aromatic rings. The molecular formula is C20H15F2N3O5. The number of ether oxygens (including phenoxy) is 2. The Morgan fingerprint density at radius 3 is 2.80 bits per heavy atom. The van der Waals surface area contributed by atoms with Gasteiger partial charge in [0, 0.05) is 17.1 Å². The third kappa shape index (κ3) is 3.66. The summed E-state index contributed by atoms with van der Waals surface area (Å²) in [6.45, 7) is -3.40. The molecule has 0 saturated carbocycles. The van der Waals surface area contributed by atoms with Gasteiger partial charge in [-0.15, -0.1) is 0 Å². The Morgan fingerprint density at radius 2 is 2.03 bits per heavy atom. The van der Waals surface area contributed by atoms with E-state index in [1.807, 2.05) is 0 Å². The molecule has 1 amide bonds. The monoisotopic (exact) mass is 415 g/mol. The highest BCUT2D eigenvalue weighted by Gasteiger charge is 2.16. The van der Waals surface area contributed by atoms with Crippen LogP contribution < -0.4 is 20.3 Å². The number of fused-ring (bicyclic) bond motifs is 3. The molecule has 0 aliphatic carbocycles. The predicted octanol–water partition coefficient (Wildman–Crippen LogP) is 3.39. The number of alkyl halides is 2. The molecule has 1 N–H and O–H groups in total. The largest absolute Gasteiger partial charge is 0.493 e. The minimum atomic E-state index is -3.05. The molecular weight excluding hydrogens is 400 g/mol. The summed E-state index contributed by atoms with van der Waals surface area (Å²) in [5, 5.41) is 3.22. The first-order valence-electron chi connectivity index (χ1n) is 8.75. The van der Waals surface area contributed by atoms with Gasteiger partial charge < -0.3 is 19.2 Å². The van der Waals surface area contributed by atoms with Gasteiger partial charge in [-0.2, -0.15) is 8.78 Å². The zero-order chi connectivity index (χ0) is 21.3. The number of nitrogens with one attached hydrogen (secondary N) is 1. The number of hydrogen-bond acceptors (Lipinski definition) is 6. The maximum absolute atomic E-state index is 12.7. The second kappa shape index (κ2) is 7.82. The van der Waals surface area contributed by atoms with E-state index in [2.05, 4.69) is 15.0 Å². The van der Waals surface area contributed by atoms with E-state index >= 15 is 0 Å². The summed E-state index contributed by atoms with van der Waals surface area (Å²) in [6.07, 6.45) is 1.26. The van der Waals surface area contributed by atoms with Crippen LogP contribution in [0.25, 0.3) is 22.1 Å². The number of anilines is 1. The molecule has 0 unspecified atom stereocenters. The molecule has 0 saturated heterocycles. The molecule has 8 nitrogen and oxygen atoms in total. The molecule has 0 aliphatic heterocycles. The minimum absolute atomic E-state index is 0.0450. The number of benzene rings is 2. The van der Waals surface area contributed by atoms with Crippen LogP contribution >= 0.6 is 0 Å². The Labute approximate surface area is 167 Å². The van der Waals surface area contributed by atoms with Gasteiger partial charge in [-0.25, -0.2) is 4.98 Å². The second-order valence-electron chi connectivity index (χ2n) is 6.25.